The molecule has 6 rings (SSSR count). The van der Waals surface area contributed by atoms with Crippen molar-refractivity contribution in [2.45, 2.75) is 59.0 Å². The number of benzene rings is 4. The van der Waals surface area contributed by atoms with E-state index in [0.717, 1.165) is 0 Å². The summed E-state index contributed by atoms with van der Waals surface area (Å²) in [7, 11) is 0. The van der Waals surface area contributed by atoms with Crippen LogP contribution in [0.5, 0.6) is 0 Å². The Morgan fingerprint density at radius 2 is 1.07 bits per heavy atom. The van der Waals surface area contributed by atoms with Crippen LogP contribution >= 0.6 is 0 Å². The molecule has 0 heterocycles. The number of hydrogen-bond donors (Lipinski definition) is 0. The van der Waals surface area contributed by atoms with E-state index >= 15 is 0 Å². The van der Waals surface area contributed by atoms with Gasteiger partial charge >= 0.3 is 269 Å². The van der Waals surface area contributed by atoms with E-state index in [1.54, 1.807) is 28.8 Å². The van der Waals surface area contributed by atoms with Gasteiger partial charge in [-0.15, -0.1) is 0 Å². The van der Waals surface area contributed by atoms with E-state index in [9.17, 15) is 0 Å². The second kappa shape index (κ2) is 14.6. The van der Waals surface area contributed by atoms with Crippen molar-refractivity contribution in [1.82, 2.24) is 0 Å². The molecular weight excluding hydrogens is 667 g/mol. The Labute approximate surface area is 292 Å². The maximum Gasteiger partial charge on any atom is -1.00 e. The molecule has 3 heteroatoms. The Bertz CT molecular complexity index is 1660. The monoisotopic (exact) mass is 710 g/mol. The first-order valence-electron chi connectivity index (χ1n) is 16.2. The molecule has 0 spiro atoms. The fraction of sp³-hybridized carbons (Fsp3) is 0.310. The molecule has 0 aromatic heterocycles. The summed E-state index contributed by atoms with van der Waals surface area (Å²) in [6, 6.07) is 37.3. The Hall–Kier alpha value is -2.31. The van der Waals surface area contributed by atoms with Gasteiger partial charge in [-0.3, -0.25) is 0 Å². The Morgan fingerprint density at radius 1 is 0.600 bits per heavy atom. The number of fused-ring (bicyclic) bond motifs is 3. The van der Waals surface area contributed by atoms with Gasteiger partial charge in [0, 0.05) is 0 Å². The third-order valence-corrected chi connectivity index (χ3v) is 17.9. The zero-order valence-corrected chi connectivity index (χ0v) is 31.9. The minimum atomic E-state index is -2.85. The molecule has 0 aliphatic heterocycles. The van der Waals surface area contributed by atoms with E-state index in [1.165, 1.54) is 33.4 Å². The molecule has 0 saturated carbocycles. The molecule has 4 aromatic carbocycles. The average molecular weight is 713 g/mol. The van der Waals surface area contributed by atoms with E-state index in [1.807, 2.05) is 0 Å². The summed E-state index contributed by atoms with van der Waals surface area (Å²) in [4.78, 5) is 0. The normalized spacial score (nSPS) is 15.3. The number of allylic oxidation sites excluding steroid dienone is 4. The largest absolute Gasteiger partial charge is 1.00 e. The van der Waals surface area contributed by atoms with E-state index < -0.39 is 21.3 Å². The van der Waals surface area contributed by atoms with Crippen molar-refractivity contribution in [3.8, 4) is 11.1 Å². The predicted octanol–water partition coefficient (Wildman–Crippen LogP) is 5.05. The molecule has 0 nitrogen and oxygen atoms in total. The Morgan fingerprint density at radius 3 is 1.47 bits per heavy atom. The van der Waals surface area contributed by atoms with Crippen LogP contribution in [-0.2, 0) is 21.3 Å². The summed E-state index contributed by atoms with van der Waals surface area (Å²) in [5.41, 5.74) is 14.9. The molecule has 1 atom stereocenters. The van der Waals surface area contributed by atoms with Gasteiger partial charge in [-0.2, -0.15) is 0 Å². The molecule has 2 aliphatic rings. The molecule has 0 N–H and O–H groups in total. The molecule has 0 amide bonds. The first kappa shape index (κ1) is 35.5. The Balaban J connectivity index is 0.00000230. The van der Waals surface area contributed by atoms with Crippen LogP contribution in [0, 0.1) is 37.5 Å². The van der Waals surface area contributed by atoms with Crippen LogP contribution in [0.1, 0.15) is 78.5 Å². The standard InChI is InChI=1S/C15H13.C14H23.C13H10.2ClH.Zr/c1-10-3-5-14-12(7-10)9-13-8-11(2)4-6-15(13)14;1-9(2)12-7-8-13(10(3)4)14(12)11(5)6;1-3-7-12(8-4-1)11-13-9-5-2-6-10-13;;;/h3-9H,1-2H3;7,9-11,13H,1-6H3;1-10H;2*1H;/q;;;;;+2/p-2. The first-order valence-corrected chi connectivity index (χ1v) is 20.1. The SMILES string of the molecule is Cc1ccc2c(c1)[CH]([Zr+2]([C]1=CC(C(C)C)=C(C(C)C)C1C(C)C)=[C](c1ccccc1)c1ccccc1)c1cc(C)ccc1-2.[Cl-].[Cl-]. The molecule has 0 bridgehead atoms. The van der Waals surface area contributed by atoms with Crippen molar-refractivity contribution in [3.05, 3.63) is 151 Å². The molecule has 0 fully saturated rings. The minimum Gasteiger partial charge on any atom is -1.00 e. The van der Waals surface area contributed by atoms with Crippen LogP contribution in [0.15, 0.2) is 118 Å². The molecular formula is C42H46Cl2Zr. The maximum atomic E-state index is 2.74. The average Bonchev–Trinajstić information content (AvgIpc) is 3.53. The van der Waals surface area contributed by atoms with Crippen molar-refractivity contribution in [3.63, 3.8) is 0 Å². The zero-order chi connectivity index (χ0) is 30.4. The van der Waals surface area contributed by atoms with Gasteiger partial charge in [0.2, 0.25) is 0 Å². The molecule has 0 saturated heterocycles. The van der Waals surface area contributed by atoms with Gasteiger partial charge in [-0.1, -0.05) is 0 Å². The van der Waals surface area contributed by atoms with E-state index in [-0.39, 0.29) is 24.8 Å². The van der Waals surface area contributed by atoms with Gasteiger partial charge < -0.3 is 24.8 Å². The van der Waals surface area contributed by atoms with Gasteiger partial charge in [-0.25, -0.2) is 0 Å². The van der Waals surface area contributed by atoms with Gasteiger partial charge in [-0.05, 0) is 0 Å². The van der Waals surface area contributed by atoms with E-state index in [0.29, 0.717) is 27.3 Å². The third kappa shape index (κ3) is 6.61. The van der Waals surface area contributed by atoms with Gasteiger partial charge in [0.25, 0.3) is 0 Å². The number of aryl methyl sites for hydroxylation is 2. The first-order chi connectivity index (χ1) is 20.7. The van der Waals surface area contributed by atoms with Crippen LogP contribution in [0.2, 0.25) is 0 Å². The third-order valence-electron chi connectivity index (χ3n) is 9.55. The van der Waals surface area contributed by atoms with Crippen molar-refractivity contribution in [2.24, 2.45) is 23.7 Å². The van der Waals surface area contributed by atoms with Gasteiger partial charge in [0.05, 0.1) is 0 Å². The second-order valence-electron chi connectivity index (χ2n) is 13.7. The van der Waals surface area contributed by atoms with Crippen LogP contribution in [-0.4, -0.2) is 3.21 Å². The van der Waals surface area contributed by atoms with Crippen molar-refractivity contribution in [2.75, 3.05) is 0 Å². The summed E-state index contributed by atoms with van der Waals surface area (Å²) in [6.07, 6.45) is 2.74. The van der Waals surface area contributed by atoms with Crippen LogP contribution in [0.3, 0.4) is 0 Å². The molecule has 232 valence electrons. The topological polar surface area (TPSA) is 0 Å². The summed E-state index contributed by atoms with van der Waals surface area (Å²) >= 11 is -2.85. The molecule has 0 radical (unpaired) electrons. The summed E-state index contributed by atoms with van der Waals surface area (Å²) in [5.74, 6) is 2.10. The second-order valence-corrected chi connectivity index (χ2v) is 19.8. The summed E-state index contributed by atoms with van der Waals surface area (Å²) < 4.78 is 3.86. The molecule has 1 unspecified atom stereocenters. The fourth-order valence-corrected chi connectivity index (χ4v) is 17.9. The van der Waals surface area contributed by atoms with Crippen LogP contribution < -0.4 is 24.8 Å². The van der Waals surface area contributed by atoms with E-state index in [4.69, 9.17) is 0 Å². The molecule has 45 heavy (non-hydrogen) atoms. The fourth-order valence-electron chi connectivity index (χ4n) is 7.80. The van der Waals surface area contributed by atoms with Crippen LogP contribution in [0.4, 0.5) is 0 Å². The smallest absolute Gasteiger partial charge is 1.00 e. The minimum absolute atomic E-state index is 0. The van der Waals surface area contributed by atoms with E-state index in [2.05, 4.69) is 159 Å². The number of rotatable bonds is 7. The van der Waals surface area contributed by atoms with Gasteiger partial charge in [0.15, 0.2) is 0 Å². The van der Waals surface area contributed by atoms with Crippen molar-refractivity contribution < 1.29 is 46.1 Å². The Kier molecular flexibility index (Phi) is 11.6. The number of halogens is 2. The maximum absolute atomic E-state index is 2.85. The molecule has 2 aliphatic carbocycles. The summed E-state index contributed by atoms with van der Waals surface area (Å²) in [6.45, 7) is 19.2. The van der Waals surface area contributed by atoms with Crippen molar-refractivity contribution >= 4 is 3.21 Å². The molecule has 4 aromatic rings. The zero-order valence-electron chi connectivity index (χ0n) is 28.0. The quantitative estimate of drug-likeness (QED) is 0.252. The van der Waals surface area contributed by atoms with Crippen molar-refractivity contribution in [1.29, 1.82) is 0 Å². The van der Waals surface area contributed by atoms with Crippen LogP contribution in [0.25, 0.3) is 11.1 Å². The van der Waals surface area contributed by atoms with Gasteiger partial charge in [0.1, 0.15) is 0 Å². The number of hydrogen-bond acceptors (Lipinski definition) is 0. The predicted molar refractivity (Wildman–Crippen MR) is 182 cm³/mol. The summed E-state index contributed by atoms with van der Waals surface area (Å²) in [5, 5.41) is 0.